The van der Waals surface area contributed by atoms with Crippen LogP contribution in [0.15, 0.2) is 0 Å². The highest BCUT2D eigenvalue weighted by Crippen LogP contribution is 2.17. The molecule has 0 heterocycles. The average molecular weight is 531 g/mol. The molecular formula is C24H54Br2N2. The van der Waals surface area contributed by atoms with Crippen molar-refractivity contribution < 1.29 is 42.9 Å². The van der Waals surface area contributed by atoms with E-state index in [4.69, 9.17) is 0 Å². The van der Waals surface area contributed by atoms with E-state index < -0.39 is 0 Å². The highest BCUT2D eigenvalue weighted by Gasteiger charge is 2.25. The third-order valence-corrected chi connectivity index (χ3v) is 6.20. The molecule has 0 fully saturated rings. The van der Waals surface area contributed by atoms with Gasteiger partial charge in [-0.05, 0) is 64.2 Å². The van der Waals surface area contributed by atoms with Crippen LogP contribution < -0.4 is 34.0 Å². The van der Waals surface area contributed by atoms with Gasteiger partial charge in [0.2, 0.25) is 0 Å². The van der Waals surface area contributed by atoms with Crippen LogP contribution in [0.4, 0.5) is 0 Å². The molecule has 0 aliphatic rings. The van der Waals surface area contributed by atoms with Crippen LogP contribution >= 0.6 is 0 Å². The maximum Gasteiger partial charge on any atom is 0.0786 e. The molecule has 0 saturated carbocycles. The fourth-order valence-corrected chi connectivity index (χ4v) is 5.44. The Morgan fingerprint density at radius 3 is 0.714 bits per heavy atom. The summed E-state index contributed by atoms with van der Waals surface area (Å²) in [6, 6.07) is 0. The molecule has 0 atom stereocenters. The van der Waals surface area contributed by atoms with E-state index in [1.54, 1.807) is 0 Å². The summed E-state index contributed by atoms with van der Waals surface area (Å²) in [7, 11) is 0. The van der Waals surface area contributed by atoms with Gasteiger partial charge in [-0.1, -0.05) is 41.5 Å². The van der Waals surface area contributed by atoms with Crippen molar-refractivity contribution in [3.05, 3.63) is 0 Å². The van der Waals surface area contributed by atoms with Gasteiger partial charge in [-0.25, -0.2) is 0 Å². The molecule has 174 valence electrons. The topological polar surface area (TPSA) is 0 Å². The first-order valence-electron chi connectivity index (χ1n) is 12.3. The first kappa shape index (κ1) is 33.5. The zero-order chi connectivity index (χ0) is 19.7. The van der Waals surface area contributed by atoms with E-state index in [0.29, 0.717) is 0 Å². The number of hydrogen-bond acceptors (Lipinski definition) is 0. The Kier molecular flexibility index (Phi) is 25.3. The first-order valence-corrected chi connectivity index (χ1v) is 12.3. The molecule has 0 aliphatic carbocycles. The second-order valence-corrected chi connectivity index (χ2v) is 8.89. The second-order valence-electron chi connectivity index (χ2n) is 8.89. The Balaban J connectivity index is -0.00000312. The summed E-state index contributed by atoms with van der Waals surface area (Å²) in [5, 5.41) is 0. The van der Waals surface area contributed by atoms with Crippen LogP contribution in [0.5, 0.6) is 0 Å². The minimum absolute atomic E-state index is 0. The Labute approximate surface area is 200 Å². The van der Waals surface area contributed by atoms with Crippen molar-refractivity contribution in [2.75, 3.05) is 52.4 Å². The van der Waals surface area contributed by atoms with Crippen molar-refractivity contribution in [1.82, 2.24) is 0 Å². The molecule has 0 unspecified atom stereocenters. The summed E-state index contributed by atoms with van der Waals surface area (Å²) < 4.78 is 2.79. The molecule has 0 radical (unpaired) electrons. The molecule has 0 bridgehead atoms. The van der Waals surface area contributed by atoms with E-state index in [-0.39, 0.29) is 34.0 Å². The van der Waals surface area contributed by atoms with Crippen molar-refractivity contribution in [2.45, 2.75) is 106 Å². The van der Waals surface area contributed by atoms with Crippen molar-refractivity contribution in [3.63, 3.8) is 0 Å². The zero-order valence-electron chi connectivity index (χ0n) is 20.4. The zero-order valence-corrected chi connectivity index (χ0v) is 23.6. The molecule has 0 spiro atoms. The summed E-state index contributed by atoms with van der Waals surface area (Å²) in [4.78, 5) is 0. The third-order valence-electron chi connectivity index (χ3n) is 6.20. The molecule has 0 N–H and O–H groups in total. The first-order chi connectivity index (χ1) is 12.6. The highest BCUT2D eigenvalue weighted by molar-refractivity contribution is 4.51. The molecule has 28 heavy (non-hydrogen) atoms. The normalized spacial score (nSPS) is 11.8. The number of nitrogens with zero attached hydrogens (tertiary/aromatic N) is 2. The molecule has 0 aromatic carbocycles. The predicted octanol–water partition coefficient (Wildman–Crippen LogP) is 0.648. The van der Waals surface area contributed by atoms with Gasteiger partial charge in [-0.2, -0.15) is 0 Å². The Morgan fingerprint density at radius 1 is 0.321 bits per heavy atom. The average Bonchev–Trinajstić information content (AvgIpc) is 2.59. The van der Waals surface area contributed by atoms with Gasteiger partial charge in [0.05, 0.1) is 52.4 Å². The van der Waals surface area contributed by atoms with Gasteiger partial charge >= 0.3 is 0 Å². The van der Waals surface area contributed by atoms with E-state index in [1.807, 2.05) is 0 Å². The quantitative estimate of drug-likeness (QED) is 0.170. The summed E-state index contributed by atoms with van der Waals surface area (Å²) in [5.74, 6) is 0. The van der Waals surface area contributed by atoms with Gasteiger partial charge in [0.1, 0.15) is 0 Å². The maximum atomic E-state index is 2.37. The fourth-order valence-electron chi connectivity index (χ4n) is 5.44. The van der Waals surface area contributed by atoms with Gasteiger partial charge in [-0.3, -0.25) is 0 Å². The minimum atomic E-state index is 0. The smallest absolute Gasteiger partial charge is 0.0786 e. The van der Waals surface area contributed by atoms with E-state index in [1.165, 1.54) is 126 Å². The van der Waals surface area contributed by atoms with Crippen LogP contribution in [-0.4, -0.2) is 61.3 Å². The van der Waals surface area contributed by atoms with Gasteiger partial charge in [0.15, 0.2) is 0 Å². The van der Waals surface area contributed by atoms with E-state index >= 15 is 0 Å². The van der Waals surface area contributed by atoms with Crippen molar-refractivity contribution in [2.24, 2.45) is 0 Å². The molecule has 0 rings (SSSR count). The van der Waals surface area contributed by atoms with Crippen molar-refractivity contribution in [3.8, 4) is 0 Å². The summed E-state index contributed by atoms with van der Waals surface area (Å²) in [5.41, 5.74) is 0. The second kappa shape index (κ2) is 21.1. The molecule has 2 nitrogen and oxygen atoms in total. The maximum absolute atomic E-state index is 2.37. The monoisotopic (exact) mass is 528 g/mol. The van der Waals surface area contributed by atoms with Crippen molar-refractivity contribution in [1.29, 1.82) is 0 Å². The lowest BCUT2D eigenvalue weighted by molar-refractivity contribution is -0.929. The largest absolute Gasteiger partial charge is 1.00 e. The van der Waals surface area contributed by atoms with E-state index in [0.717, 1.165) is 0 Å². The molecule has 4 heteroatoms. The Bertz CT molecular complexity index is 247. The summed E-state index contributed by atoms with van der Waals surface area (Å²) in [6.07, 6.45) is 13.8. The van der Waals surface area contributed by atoms with Gasteiger partial charge < -0.3 is 42.9 Å². The third kappa shape index (κ3) is 14.0. The van der Waals surface area contributed by atoms with Crippen LogP contribution in [0.2, 0.25) is 0 Å². The van der Waals surface area contributed by atoms with Crippen LogP contribution in [0.1, 0.15) is 106 Å². The summed E-state index contributed by atoms with van der Waals surface area (Å²) >= 11 is 0. The standard InChI is InChI=1S/C24H54N2.2BrH/c1-7-17-25(18-8-2,19-9-3)23-15-13-14-16-24-26(20-10-4,21-11-5)22-12-6;;/h7-24H2,1-6H3;2*1H/q+2;;/p-2. The van der Waals surface area contributed by atoms with Gasteiger partial charge in [0, 0.05) is 0 Å². The van der Waals surface area contributed by atoms with Crippen LogP contribution in [0.3, 0.4) is 0 Å². The number of hydrogen-bond donors (Lipinski definition) is 0. The lowest BCUT2D eigenvalue weighted by Gasteiger charge is -2.39. The molecule has 0 aliphatic heterocycles. The number of quaternary nitrogens is 2. The SMILES string of the molecule is CCC[N+](CCC)(CCC)CCCCCC[N+](CCC)(CCC)CCC.[Br-].[Br-]. The number of unbranched alkanes of at least 4 members (excludes halogenated alkanes) is 3. The number of rotatable bonds is 19. The lowest BCUT2D eigenvalue weighted by atomic mass is 10.1. The molecule has 0 saturated heterocycles. The van der Waals surface area contributed by atoms with Crippen LogP contribution in [0.25, 0.3) is 0 Å². The Morgan fingerprint density at radius 2 is 0.536 bits per heavy atom. The fraction of sp³-hybridized carbons (Fsp3) is 1.00. The van der Waals surface area contributed by atoms with Gasteiger partial charge in [-0.15, -0.1) is 0 Å². The van der Waals surface area contributed by atoms with Crippen LogP contribution in [-0.2, 0) is 0 Å². The molecule has 0 aromatic rings. The van der Waals surface area contributed by atoms with Crippen molar-refractivity contribution >= 4 is 0 Å². The van der Waals surface area contributed by atoms with Gasteiger partial charge in [0.25, 0.3) is 0 Å². The van der Waals surface area contributed by atoms with E-state index in [9.17, 15) is 0 Å². The summed E-state index contributed by atoms with van der Waals surface area (Å²) in [6.45, 7) is 25.4. The minimum Gasteiger partial charge on any atom is -1.00 e. The number of halogens is 2. The molecule has 0 aromatic heterocycles. The van der Waals surface area contributed by atoms with E-state index in [2.05, 4.69) is 41.5 Å². The Hall–Kier alpha value is 0.880. The molecular weight excluding hydrogens is 476 g/mol. The highest BCUT2D eigenvalue weighted by atomic mass is 79.9. The predicted molar refractivity (Wildman–Crippen MR) is 120 cm³/mol. The lowest BCUT2D eigenvalue weighted by Crippen LogP contribution is -3.00. The molecule has 0 amide bonds. The van der Waals surface area contributed by atoms with Crippen LogP contribution in [0, 0.1) is 0 Å².